The van der Waals surface area contributed by atoms with Crippen LogP contribution in [0.4, 0.5) is 5.69 Å². The van der Waals surface area contributed by atoms with Crippen molar-refractivity contribution in [2.45, 2.75) is 51.6 Å². The number of phenols is 2. The van der Waals surface area contributed by atoms with Crippen molar-refractivity contribution < 1.29 is 66.6 Å². The number of aromatic hydroxyl groups is 2. The van der Waals surface area contributed by atoms with Gasteiger partial charge in [-0.1, -0.05) is 72.7 Å². The van der Waals surface area contributed by atoms with Crippen molar-refractivity contribution in [2.24, 2.45) is 0 Å². The van der Waals surface area contributed by atoms with Gasteiger partial charge in [0.2, 0.25) is 17.6 Å². The molecule has 1 aliphatic heterocycles. The van der Waals surface area contributed by atoms with Crippen molar-refractivity contribution >= 4 is 52.9 Å². The molecule has 23 heteroatoms. The highest BCUT2D eigenvalue weighted by Crippen LogP contribution is 2.43. The van der Waals surface area contributed by atoms with E-state index in [4.69, 9.17) is 49.0 Å². The molecule has 1 aliphatic rings. The molecular weight excluding hydrogens is 1040 g/mol. The molecule has 6 aromatic rings. The summed E-state index contributed by atoms with van der Waals surface area (Å²) in [7, 11) is 1.32. The molecule has 4 aromatic carbocycles. The van der Waals surface area contributed by atoms with Crippen LogP contribution < -0.4 is 21.0 Å². The Morgan fingerprint density at radius 2 is 1.38 bits per heavy atom. The van der Waals surface area contributed by atoms with Crippen LogP contribution in [0.25, 0.3) is 44.8 Å². The topological polar surface area (TPSA) is 265 Å². The summed E-state index contributed by atoms with van der Waals surface area (Å²) in [5, 5.41) is 35.0. The molecule has 7 rings (SSSR count). The second-order valence-electron chi connectivity index (χ2n) is 17.6. The Bertz CT molecular complexity index is 3010. The number of para-hydroxylation sites is 1. The van der Waals surface area contributed by atoms with Gasteiger partial charge in [0.25, 0.3) is 5.91 Å². The Kier molecular flexibility index (Phi) is 22.6. The number of hydrogen-bond donors (Lipinski definition) is 5. The number of fused-ring (bicyclic) bond motifs is 6. The predicted octanol–water partition coefficient (Wildman–Crippen LogP) is 6.49. The number of carbonyl (C=O) groups excluding carboxylic acids is 3. The average molecular weight is 1100 g/mol. The molecule has 1 atom stereocenters. The molecule has 3 heterocycles. The summed E-state index contributed by atoms with van der Waals surface area (Å²) in [6, 6.07) is 25.8. The largest absolute Gasteiger partial charge is 0.504 e. The maximum absolute atomic E-state index is 13.9. The molecule has 77 heavy (non-hydrogen) atoms. The number of anilines is 1. The van der Waals surface area contributed by atoms with Crippen LogP contribution in [0.15, 0.2) is 100 Å². The molecule has 0 radical (unpaired) electrons. The van der Waals surface area contributed by atoms with E-state index in [2.05, 4.69) is 20.9 Å². The molecule has 0 fully saturated rings. The fourth-order valence-electron chi connectivity index (χ4n) is 8.27. The summed E-state index contributed by atoms with van der Waals surface area (Å²) in [6.07, 6.45) is 3.30. The zero-order valence-corrected chi connectivity index (χ0v) is 44.6. The molecule has 0 bridgehead atoms. The number of nitrogens with one attached hydrogen (secondary N) is 2. The molecule has 412 valence electrons. The Balaban J connectivity index is 0.728. The third-order valence-electron chi connectivity index (χ3n) is 12.3. The van der Waals surface area contributed by atoms with Crippen LogP contribution in [-0.4, -0.2) is 141 Å². The summed E-state index contributed by atoms with van der Waals surface area (Å²) in [4.78, 5) is 63.2. The van der Waals surface area contributed by atoms with Crippen LogP contribution >= 0.6 is 6.72 Å². The van der Waals surface area contributed by atoms with Crippen molar-refractivity contribution in [2.75, 3.05) is 97.8 Å². The van der Waals surface area contributed by atoms with Gasteiger partial charge in [0.15, 0.2) is 16.8 Å². The van der Waals surface area contributed by atoms with Crippen molar-refractivity contribution in [3.8, 4) is 45.3 Å². The lowest BCUT2D eigenvalue weighted by molar-refractivity contribution is -0.125. The lowest BCUT2D eigenvalue weighted by Gasteiger charge is -2.28. The fraction of sp³-hybridized carbons (Fsp3) is 0.407. The number of aromatic nitrogens is 3. The highest BCUT2D eigenvalue weighted by atomic mass is 32.5. The summed E-state index contributed by atoms with van der Waals surface area (Å²) in [5.41, 5.74) is 5.14. The summed E-state index contributed by atoms with van der Waals surface area (Å²) in [5.74, 6) is -1.42. The van der Waals surface area contributed by atoms with E-state index in [1.807, 2.05) is 53.2 Å². The second kappa shape index (κ2) is 29.9. The second-order valence-corrected chi connectivity index (χ2v) is 20.5. The molecule has 1 unspecified atom stereocenters. The van der Waals surface area contributed by atoms with Crippen LogP contribution in [0.3, 0.4) is 0 Å². The molecule has 0 aliphatic carbocycles. The van der Waals surface area contributed by atoms with Gasteiger partial charge in [0.05, 0.1) is 103 Å². The van der Waals surface area contributed by atoms with Gasteiger partial charge in [0.1, 0.15) is 11.5 Å². The summed E-state index contributed by atoms with van der Waals surface area (Å²) < 4.78 is 45.8. The lowest BCUT2D eigenvalue weighted by atomic mass is 9.95. The number of phenolic OH excluding ortho intramolecular Hbond substituents is 2. The van der Waals surface area contributed by atoms with Gasteiger partial charge >= 0.3 is 6.72 Å². The number of benzene rings is 4. The van der Waals surface area contributed by atoms with Crippen molar-refractivity contribution in [3.63, 3.8) is 0 Å². The van der Waals surface area contributed by atoms with Gasteiger partial charge in [-0.05, 0) is 60.5 Å². The fourth-order valence-corrected chi connectivity index (χ4v) is 8.96. The number of nitrogens with zero attached hydrogens (tertiary/aromatic N) is 4. The van der Waals surface area contributed by atoms with Gasteiger partial charge < -0.3 is 67.8 Å². The smallest absolute Gasteiger partial charge is 0.324 e. The number of ether oxygens (including phenoxy) is 5. The monoisotopic (exact) mass is 1100 g/mol. The van der Waals surface area contributed by atoms with Gasteiger partial charge in [-0.2, -0.15) is 0 Å². The van der Waals surface area contributed by atoms with E-state index in [1.54, 1.807) is 29.2 Å². The molecule has 2 aromatic heterocycles. The third-order valence-corrected chi connectivity index (χ3v) is 14.0. The maximum atomic E-state index is 13.9. The van der Waals surface area contributed by atoms with E-state index in [0.29, 0.717) is 108 Å². The zero-order valence-electron chi connectivity index (χ0n) is 42.9. The Morgan fingerprint density at radius 1 is 0.727 bits per heavy atom. The number of hydrogen-bond acceptors (Lipinski definition) is 17. The predicted molar refractivity (Wildman–Crippen MR) is 290 cm³/mol. The van der Waals surface area contributed by atoms with Gasteiger partial charge in [-0.15, -0.1) is 5.10 Å². The standard InChI is InChI=1S/C54H65N6O15PS/c1-68-76(67,77)74-25-9-3-2-8-22-55-48(63)20-21-49(64)59-37-40-10-4-5-11-41(40)51-50(42-12-6-7-13-44(42)59)57-58-60(51)24-27-70-29-31-72-33-35-73-34-32-71-30-28-69-26-23-56-54(66)39-16-14-38(15-17-39)47-36-46(62)43-18-19-45(61)52(65)53(43)75-47/h4-7,10-19,36,61,65H,2-3,8-9,20-35,37H2,1H3,(H,55,63)(H,56,66)(H,67,77). The molecular formula is C54H65N6O15PS. The first-order valence-electron chi connectivity index (χ1n) is 25.4. The quantitative estimate of drug-likeness (QED) is 0.0172. The Labute approximate surface area is 450 Å². The molecule has 0 spiro atoms. The average Bonchev–Trinajstić information content (AvgIpc) is 3.85. The minimum Gasteiger partial charge on any atom is -0.504 e. The van der Waals surface area contributed by atoms with E-state index in [9.17, 15) is 34.3 Å². The maximum Gasteiger partial charge on any atom is 0.324 e. The van der Waals surface area contributed by atoms with Crippen LogP contribution in [0.5, 0.6) is 11.5 Å². The molecule has 0 saturated heterocycles. The number of rotatable bonds is 32. The van der Waals surface area contributed by atoms with Crippen LogP contribution in [-0.2, 0) is 67.2 Å². The minimum absolute atomic E-state index is 0.0340. The highest BCUT2D eigenvalue weighted by Gasteiger charge is 2.29. The Morgan fingerprint density at radius 3 is 2.09 bits per heavy atom. The first kappa shape index (κ1) is 58.3. The van der Waals surface area contributed by atoms with Crippen molar-refractivity contribution in [1.82, 2.24) is 25.6 Å². The van der Waals surface area contributed by atoms with Gasteiger partial charge in [0, 0.05) is 61.4 Å². The van der Waals surface area contributed by atoms with Crippen LogP contribution in [0, 0.1) is 0 Å². The Hall–Kier alpha value is -6.43. The summed E-state index contributed by atoms with van der Waals surface area (Å²) in [6.45, 7) is 2.34. The number of carbonyl (C=O) groups is 3. The zero-order chi connectivity index (χ0) is 54.4. The van der Waals surface area contributed by atoms with E-state index in [0.717, 1.165) is 48.1 Å². The molecule has 0 saturated carbocycles. The molecule has 5 N–H and O–H groups in total. The first-order valence-corrected chi connectivity index (χ1v) is 28.0. The number of amides is 3. The van der Waals surface area contributed by atoms with E-state index in [-0.39, 0.29) is 65.9 Å². The highest BCUT2D eigenvalue weighted by molar-refractivity contribution is 8.07. The van der Waals surface area contributed by atoms with Gasteiger partial charge in [-0.25, -0.2) is 4.68 Å². The lowest BCUT2D eigenvalue weighted by Crippen LogP contribution is -2.33. The van der Waals surface area contributed by atoms with Crippen molar-refractivity contribution in [3.05, 3.63) is 112 Å². The van der Waals surface area contributed by atoms with E-state index >= 15 is 0 Å². The van der Waals surface area contributed by atoms with E-state index in [1.165, 1.54) is 25.3 Å². The van der Waals surface area contributed by atoms with Crippen LogP contribution in [0.1, 0.15) is 54.4 Å². The van der Waals surface area contributed by atoms with E-state index < -0.39 is 18.2 Å². The van der Waals surface area contributed by atoms with Crippen molar-refractivity contribution in [1.29, 1.82) is 0 Å². The first-order chi connectivity index (χ1) is 37.4. The molecule has 21 nitrogen and oxygen atoms in total. The third kappa shape index (κ3) is 17.0. The summed E-state index contributed by atoms with van der Waals surface area (Å²) >= 11 is 4.83. The number of unbranched alkanes of at least 4 members (excludes halogenated alkanes) is 3. The normalized spacial score (nSPS) is 12.8. The minimum atomic E-state index is -3.14. The SMILES string of the molecule is COP(O)(=S)OCCCCCCNC(=O)CCC(=O)N1Cc2ccccc2-c2c(nnn2CCOCCOCCOCCOCCOCCNC(=O)c2ccc(-c3cc(=O)c4ccc(O)c(O)c4o3)cc2)-c2ccccc21. The van der Waals surface area contributed by atoms with Gasteiger partial charge in [-0.3, -0.25) is 19.2 Å². The molecule has 3 amide bonds. The van der Waals surface area contributed by atoms with Crippen LogP contribution in [0.2, 0.25) is 0 Å².